The second kappa shape index (κ2) is 9.54. The molecule has 1 heterocycles. The van der Waals surface area contributed by atoms with Gasteiger partial charge in [0.05, 0.1) is 16.8 Å². The van der Waals surface area contributed by atoms with Crippen molar-refractivity contribution in [1.29, 1.82) is 0 Å². The number of ketones is 1. The van der Waals surface area contributed by atoms with Crippen molar-refractivity contribution in [3.05, 3.63) is 106 Å². The molecule has 3 aromatic carbocycles. The van der Waals surface area contributed by atoms with Gasteiger partial charge in [0.1, 0.15) is 23.7 Å². The Hall–Kier alpha value is -4.16. The number of halogens is 1. The molecule has 0 aliphatic rings. The van der Waals surface area contributed by atoms with Gasteiger partial charge in [0, 0.05) is 10.4 Å². The number of hydrogen-bond donors (Lipinski definition) is 2. The van der Waals surface area contributed by atoms with Gasteiger partial charge in [0.25, 0.3) is 0 Å². The standard InChI is InChI=1S/C26H18ClNO5/c27-18-13-21(25(30)22(14-18)26(31)32)24(29)12-7-16-5-10-20(11-6-16)33-15-19-9-8-17-3-1-2-4-23(17)28-19/h1-14,30H,15H2,(H,31,32)/b12-7+. The van der Waals surface area contributed by atoms with E-state index in [0.717, 1.165) is 28.2 Å². The molecule has 0 fully saturated rings. The van der Waals surface area contributed by atoms with Crippen LogP contribution in [0, 0.1) is 0 Å². The first kappa shape index (κ1) is 22.0. The summed E-state index contributed by atoms with van der Waals surface area (Å²) in [6, 6.07) is 21.2. The zero-order chi connectivity index (χ0) is 23.4. The zero-order valence-corrected chi connectivity index (χ0v) is 18.0. The van der Waals surface area contributed by atoms with E-state index < -0.39 is 23.1 Å². The summed E-state index contributed by atoms with van der Waals surface area (Å²) in [4.78, 5) is 28.2. The fourth-order valence-corrected chi connectivity index (χ4v) is 3.45. The van der Waals surface area contributed by atoms with E-state index in [9.17, 15) is 14.7 Å². The van der Waals surface area contributed by atoms with Gasteiger partial charge in [0.15, 0.2) is 5.78 Å². The highest BCUT2D eigenvalue weighted by atomic mass is 35.5. The number of allylic oxidation sites excluding steroid dienone is 1. The van der Waals surface area contributed by atoms with Gasteiger partial charge in [-0.25, -0.2) is 9.78 Å². The van der Waals surface area contributed by atoms with Crippen LogP contribution in [0.15, 0.2) is 78.9 Å². The molecule has 0 saturated heterocycles. The number of fused-ring (bicyclic) bond motifs is 1. The molecule has 1 aromatic heterocycles. The summed E-state index contributed by atoms with van der Waals surface area (Å²) < 4.78 is 5.80. The van der Waals surface area contributed by atoms with Crippen molar-refractivity contribution in [2.75, 3.05) is 0 Å². The number of benzene rings is 3. The van der Waals surface area contributed by atoms with Gasteiger partial charge in [-0.05, 0) is 48.0 Å². The van der Waals surface area contributed by atoms with Gasteiger partial charge < -0.3 is 14.9 Å². The number of ether oxygens (including phenoxy) is 1. The minimum atomic E-state index is -1.37. The van der Waals surface area contributed by atoms with Crippen LogP contribution in [0.25, 0.3) is 17.0 Å². The zero-order valence-electron chi connectivity index (χ0n) is 17.2. The van der Waals surface area contributed by atoms with E-state index in [2.05, 4.69) is 4.98 Å². The summed E-state index contributed by atoms with van der Waals surface area (Å²) in [6.45, 7) is 0.318. The minimum Gasteiger partial charge on any atom is -0.506 e. The molecule has 6 nitrogen and oxygen atoms in total. The highest BCUT2D eigenvalue weighted by molar-refractivity contribution is 6.31. The first-order valence-corrected chi connectivity index (χ1v) is 10.3. The molecule has 0 unspecified atom stereocenters. The summed E-state index contributed by atoms with van der Waals surface area (Å²) >= 11 is 5.88. The van der Waals surface area contributed by atoms with E-state index in [4.69, 9.17) is 21.4 Å². The first-order chi connectivity index (χ1) is 15.9. The molecule has 4 rings (SSSR count). The number of carbonyl (C=O) groups excluding carboxylic acids is 1. The number of aromatic hydroxyl groups is 1. The maximum atomic E-state index is 12.5. The quantitative estimate of drug-likeness (QED) is 0.269. The molecule has 4 aromatic rings. The van der Waals surface area contributed by atoms with Crippen LogP contribution in [-0.2, 0) is 6.61 Å². The molecule has 0 bridgehead atoms. The largest absolute Gasteiger partial charge is 0.506 e. The van der Waals surface area contributed by atoms with Crippen molar-refractivity contribution in [3.63, 3.8) is 0 Å². The van der Waals surface area contributed by atoms with Gasteiger partial charge in [0.2, 0.25) is 0 Å². The topological polar surface area (TPSA) is 96.7 Å². The summed E-state index contributed by atoms with van der Waals surface area (Å²) in [6.07, 6.45) is 2.80. The maximum absolute atomic E-state index is 12.5. The number of phenols is 1. The van der Waals surface area contributed by atoms with Crippen LogP contribution in [0.4, 0.5) is 0 Å². The molecule has 2 N–H and O–H groups in total. The Morgan fingerprint density at radius 3 is 2.45 bits per heavy atom. The molecular formula is C26H18ClNO5. The normalized spacial score (nSPS) is 11.1. The lowest BCUT2D eigenvalue weighted by Gasteiger charge is -2.07. The van der Waals surface area contributed by atoms with Crippen molar-refractivity contribution in [2.24, 2.45) is 0 Å². The number of carboxylic acid groups (broad SMARTS) is 1. The number of carbonyl (C=O) groups is 2. The van der Waals surface area contributed by atoms with E-state index >= 15 is 0 Å². The maximum Gasteiger partial charge on any atom is 0.339 e. The third kappa shape index (κ3) is 5.19. The fourth-order valence-electron chi connectivity index (χ4n) is 3.23. The molecule has 0 atom stereocenters. The van der Waals surface area contributed by atoms with Gasteiger partial charge in [-0.1, -0.05) is 54.1 Å². The van der Waals surface area contributed by atoms with Crippen molar-refractivity contribution >= 4 is 40.3 Å². The van der Waals surface area contributed by atoms with Crippen LogP contribution in [0.3, 0.4) is 0 Å². The number of aromatic carboxylic acids is 1. The summed E-state index contributed by atoms with van der Waals surface area (Å²) in [5.74, 6) is -1.91. The van der Waals surface area contributed by atoms with E-state index in [1.165, 1.54) is 12.1 Å². The van der Waals surface area contributed by atoms with Crippen molar-refractivity contribution < 1.29 is 24.5 Å². The molecule has 0 saturated carbocycles. The molecule has 0 spiro atoms. The van der Waals surface area contributed by atoms with Gasteiger partial charge >= 0.3 is 5.97 Å². The number of para-hydroxylation sites is 1. The average Bonchev–Trinajstić information content (AvgIpc) is 2.82. The van der Waals surface area contributed by atoms with Crippen LogP contribution in [0.5, 0.6) is 11.5 Å². The lowest BCUT2D eigenvalue weighted by atomic mass is 10.0. The number of hydrogen-bond acceptors (Lipinski definition) is 5. The van der Waals surface area contributed by atoms with Crippen molar-refractivity contribution in [2.45, 2.75) is 6.61 Å². The SMILES string of the molecule is O=C(O)c1cc(Cl)cc(C(=O)/C=C/c2ccc(OCc3ccc4ccccc4n3)cc2)c1O. The van der Waals surface area contributed by atoms with Crippen LogP contribution in [0.2, 0.25) is 5.02 Å². The van der Waals surface area contributed by atoms with Crippen LogP contribution >= 0.6 is 11.6 Å². The smallest absolute Gasteiger partial charge is 0.339 e. The van der Waals surface area contributed by atoms with Gasteiger partial charge in [-0.2, -0.15) is 0 Å². The first-order valence-electron chi connectivity index (χ1n) is 9.96. The van der Waals surface area contributed by atoms with Crippen molar-refractivity contribution in [1.82, 2.24) is 4.98 Å². The Morgan fingerprint density at radius 2 is 1.70 bits per heavy atom. The fraction of sp³-hybridized carbons (Fsp3) is 0.0385. The van der Waals surface area contributed by atoms with Crippen LogP contribution in [0.1, 0.15) is 32.0 Å². The van der Waals surface area contributed by atoms with Crippen LogP contribution in [-0.4, -0.2) is 26.9 Å². The second-order valence-corrected chi connectivity index (χ2v) is 7.64. The predicted molar refractivity (Wildman–Crippen MR) is 126 cm³/mol. The Labute approximate surface area is 194 Å². The van der Waals surface area contributed by atoms with E-state index in [0.29, 0.717) is 12.4 Å². The average molecular weight is 460 g/mol. The minimum absolute atomic E-state index is 0.0457. The lowest BCUT2D eigenvalue weighted by molar-refractivity contribution is 0.0693. The summed E-state index contributed by atoms with van der Waals surface area (Å²) in [5, 5.41) is 20.3. The molecule has 33 heavy (non-hydrogen) atoms. The summed E-state index contributed by atoms with van der Waals surface area (Å²) in [5.41, 5.74) is 1.83. The molecule has 0 radical (unpaired) electrons. The third-order valence-electron chi connectivity index (χ3n) is 4.92. The Bertz CT molecular complexity index is 1380. The van der Waals surface area contributed by atoms with Gasteiger partial charge in [-0.15, -0.1) is 0 Å². The molecular weight excluding hydrogens is 442 g/mol. The lowest BCUT2D eigenvalue weighted by Crippen LogP contribution is -2.03. The van der Waals surface area contributed by atoms with Crippen molar-refractivity contribution in [3.8, 4) is 11.5 Å². The highest BCUT2D eigenvalue weighted by Gasteiger charge is 2.18. The Balaban J connectivity index is 1.42. The number of aromatic nitrogens is 1. The Kier molecular flexibility index (Phi) is 6.38. The number of rotatable bonds is 7. The van der Waals surface area contributed by atoms with E-state index in [-0.39, 0.29) is 10.6 Å². The molecule has 164 valence electrons. The highest BCUT2D eigenvalue weighted by Crippen LogP contribution is 2.28. The number of pyridine rings is 1. The molecule has 0 aliphatic carbocycles. The van der Waals surface area contributed by atoms with E-state index in [1.807, 2.05) is 36.4 Å². The third-order valence-corrected chi connectivity index (χ3v) is 5.14. The second-order valence-electron chi connectivity index (χ2n) is 7.21. The molecule has 7 heteroatoms. The monoisotopic (exact) mass is 459 g/mol. The molecule has 0 aliphatic heterocycles. The van der Waals surface area contributed by atoms with Gasteiger partial charge in [-0.3, -0.25) is 4.79 Å². The molecule has 0 amide bonds. The predicted octanol–water partition coefficient (Wildman–Crippen LogP) is 5.77. The summed E-state index contributed by atoms with van der Waals surface area (Å²) in [7, 11) is 0. The number of carboxylic acids is 1. The van der Waals surface area contributed by atoms with Crippen LogP contribution < -0.4 is 4.74 Å². The Morgan fingerprint density at radius 1 is 0.970 bits per heavy atom. The number of nitrogens with zero attached hydrogens (tertiary/aromatic N) is 1. The van der Waals surface area contributed by atoms with E-state index in [1.54, 1.807) is 30.3 Å².